The highest BCUT2D eigenvalue weighted by atomic mass is 16.6. The van der Waals surface area contributed by atoms with Crippen molar-refractivity contribution in [1.29, 1.82) is 0 Å². The van der Waals surface area contributed by atoms with Crippen LogP contribution in [0.4, 0.5) is 0 Å². The zero-order chi connectivity index (χ0) is 27.3. The lowest BCUT2D eigenvalue weighted by Gasteiger charge is -2.37. The summed E-state index contributed by atoms with van der Waals surface area (Å²) >= 11 is 0. The molecule has 1 spiro atoms. The van der Waals surface area contributed by atoms with Crippen LogP contribution in [0.3, 0.4) is 0 Å². The van der Waals surface area contributed by atoms with Crippen LogP contribution in [-0.2, 0) is 28.6 Å². The van der Waals surface area contributed by atoms with Crippen LogP contribution in [0.25, 0.3) is 0 Å². The van der Waals surface area contributed by atoms with Gasteiger partial charge >= 0.3 is 5.97 Å². The fraction of sp³-hybridized carbons (Fsp3) is 0.750. The van der Waals surface area contributed by atoms with Crippen LogP contribution >= 0.6 is 0 Å². The number of morpholine rings is 1. The highest BCUT2D eigenvalue weighted by molar-refractivity contribution is 5.98. The average Bonchev–Trinajstić information content (AvgIpc) is 3.53. The van der Waals surface area contributed by atoms with E-state index in [4.69, 9.17) is 14.2 Å². The topological polar surface area (TPSA) is 109 Å². The maximum absolute atomic E-state index is 14.2. The van der Waals surface area contributed by atoms with Crippen LogP contribution in [-0.4, -0.2) is 121 Å². The molecular formula is C28H43N3O7. The summed E-state index contributed by atoms with van der Waals surface area (Å²) < 4.78 is 17.8. The second-order valence-corrected chi connectivity index (χ2v) is 10.7. The van der Waals surface area contributed by atoms with Crippen LogP contribution in [0, 0.1) is 11.8 Å². The summed E-state index contributed by atoms with van der Waals surface area (Å²) in [5, 5.41) is 9.83. The first-order chi connectivity index (χ1) is 18.4. The molecule has 0 aromatic heterocycles. The third-order valence-electron chi connectivity index (χ3n) is 8.76. The molecule has 212 valence electrons. The largest absolute Gasteiger partial charge is 0.465 e. The summed E-state index contributed by atoms with van der Waals surface area (Å²) in [7, 11) is 0. The summed E-state index contributed by atoms with van der Waals surface area (Å²) in [5.41, 5.74) is -1.96. The molecule has 10 nitrogen and oxygen atoms in total. The monoisotopic (exact) mass is 533 g/mol. The number of esters is 1. The van der Waals surface area contributed by atoms with Crippen molar-refractivity contribution in [2.45, 2.75) is 56.3 Å². The zero-order valence-electron chi connectivity index (χ0n) is 22.6. The van der Waals surface area contributed by atoms with Gasteiger partial charge < -0.3 is 29.1 Å². The first-order valence-corrected chi connectivity index (χ1v) is 14.0. The van der Waals surface area contributed by atoms with Gasteiger partial charge in [-0.2, -0.15) is 0 Å². The fourth-order valence-electron chi connectivity index (χ4n) is 6.90. The number of allylic oxidation sites excluding steroid dienone is 1. The van der Waals surface area contributed by atoms with Gasteiger partial charge in [0.05, 0.1) is 37.9 Å². The molecule has 4 heterocycles. The average molecular weight is 534 g/mol. The molecule has 4 saturated heterocycles. The standard InChI is InChI=1S/C28H43N3O7/c1-4-7-8-18-37-26(35)22-21-24(33)31(14-17-32)23(28(21)10-9-27(22,6-3)38-28)25(34)30(11-5-2)13-12-29-15-19-36-20-16-29/h4-5,21-23,32H,1-2,6-20H2,3H3/t21-,22+,23?,27-,28?/m0/s1. The lowest BCUT2D eigenvalue weighted by molar-refractivity contribution is -0.162. The first-order valence-electron chi connectivity index (χ1n) is 14.0. The third kappa shape index (κ3) is 5.03. The minimum absolute atomic E-state index is 0.00245. The molecule has 4 fully saturated rings. The Balaban J connectivity index is 1.61. The van der Waals surface area contributed by atoms with Crippen molar-refractivity contribution in [1.82, 2.24) is 14.7 Å². The summed E-state index contributed by atoms with van der Waals surface area (Å²) in [5.74, 6) is -2.57. The molecule has 2 bridgehead atoms. The molecule has 5 atom stereocenters. The van der Waals surface area contributed by atoms with E-state index in [1.165, 1.54) is 4.90 Å². The molecule has 0 saturated carbocycles. The zero-order valence-corrected chi connectivity index (χ0v) is 22.6. The van der Waals surface area contributed by atoms with E-state index in [1.807, 2.05) is 6.92 Å². The van der Waals surface area contributed by atoms with Gasteiger partial charge in [0, 0.05) is 39.3 Å². The third-order valence-corrected chi connectivity index (χ3v) is 8.76. The molecule has 10 heteroatoms. The van der Waals surface area contributed by atoms with Crippen molar-refractivity contribution in [2.24, 2.45) is 11.8 Å². The number of aliphatic hydroxyl groups excluding tert-OH is 1. The number of rotatable bonds is 14. The van der Waals surface area contributed by atoms with Crippen molar-refractivity contribution in [2.75, 3.05) is 65.7 Å². The summed E-state index contributed by atoms with van der Waals surface area (Å²) in [4.78, 5) is 47.0. The van der Waals surface area contributed by atoms with E-state index < -0.39 is 35.0 Å². The number of amides is 2. The maximum atomic E-state index is 14.2. The van der Waals surface area contributed by atoms with Gasteiger partial charge in [-0.1, -0.05) is 19.1 Å². The Morgan fingerprint density at radius 3 is 2.63 bits per heavy atom. The Morgan fingerprint density at radius 1 is 1.21 bits per heavy atom. The van der Waals surface area contributed by atoms with E-state index in [0.717, 1.165) is 19.5 Å². The smallest absolute Gasteiger partial charge is 0.312 e. The van der Waals surface area contributed by atoms with Gasteiger partial charge in [0.2, 0.25) is 11.8 Å². The molecule has 4 aliphatic heterocycles. The molecular weight excluding hydrogens is 490 g/mol. The number of ether oxygens (including phenoxy) is 3. The van der Waals surface area contributed by atoms with Gasteiger partial charge in [0.25, 0.3) is 0 Å². The van der Waals surface area contributed by atoms with E-state index in [0.29, 0.717) is 58.5 Å². The molecule has 2 amide bonds. The Morgan fingerprint density at radius 2 is 1.97 bits per heavy atom. The number of nitrogens with zero attached hydrogens (tertiary/aromatic N) is 3. The molecule has 0 aromatic rings. The van der Waals surface area contributed by atoms with Crippen LogP contribution in [0.5, 0.6) is 0 Å². The van der Waals surface area contributed by atoms with Gasteiger partial charge in [0.1, 0.15) is 17.6 Å². The second-order valence-electron chi connectivity index (χ2n) is 10.7. The van der Waals surface area contributed by atoms with Crippen molar-refractivity contribution < 1.29 is 33.7 Å². The summed E-state index contributed by atoms with van der Waals surface area (Å²) in [6.45, 7) is 13.9. The van der Waals surface area contributed by atoms with Gasteiger partial charge in [-0.3, -0.25) is 19.3 Å². The van der Waals surface area contributed by atoms with Gasteiger partial charge in [-0.25, -0.2) is 0 Å². The van der Waals surface area contributed by atoms with Gasteiger partial charge in [-0.05, 0) is 32.1 Å². The molecule has 2 unspecified atom stereocenters. The number of β-amino-alcohol motifs (C(OH)–C–C–N with tert-alkyl or cyclic N) is 1. The maximum Gasteiger partial charge on any atom is 0.312 e. The van der Waals surface area contributed by atoms with E-state index in [9.17, 15) is 19.5 Å². The second kappa shape index (κ2) is 12.3. The predicted octanol–water partition coefficient (Wildman–Crippen LogP) is 0.990. The first kappa shape index (κ1) is 28.7. The number of fused-ring (bicyclic) bond motifs is 1. The number of carbonyl (C=O) groups excluding carboxylic acids is 3. The summed E-state index contributed by atoms with van der Waals surface area (Å²) in [6.07, 6.45) is 6.46. The molecule has 0 aromatic carbocycles. The van der Waals surface area contributed by atoms with Crippen molar-refractivity contribution >= 4 is 17.8 Å². The molecule has 0 aliphatic carbocycles. The van der Waals surface area contributed by atoms with Crippen LogP contribution in [0.1, 0.15) is 39.0 Å². The number of aliphatic hydroxyl groups is 1. The minimum atomic E-state index is -1.12. The van der Waals surface area contributed by atoms with E-state index in [1.54, 1.807) is 17.1 Å². The van der Waals surface area contributed by atoms with E-state index in [2.05, 4.69) is 18.1 Å². The van der Waals surface area contributed by atoms with Crippen LogP contribution in [0.2, 0.25) is 0 Å². The van der Waals surface area contributed by atoms with Crippen LogP contribution in [0.15, 0.2) is 25.3 Å². The number of likely N-dealkylation sites (tertiary alicyclic amines) is 1. The molecule has 1 N–H and O–H groups in total. The molecule has 38 heavy (non-hydrogen) atoms. The summed E-state index contributed by atoms with van der Waals surface area (Å²) in [6, 6.07) is -0.913. The predicted molar refractivity (Wildman–Crippen MR) is 140 cm³/mol. The van der Waals surface area contributed by atoms with Crippen molar-refractivity contribution in [3.63, 3.8) is 0 Å². The molecule has 4 rings (SSSR count). The van der Waals surface area contributed by atoms with Gasteiger partial charge in [0.15, 0.2) is 0 Å². The minimum Gasteiger partial charge on any atom is -0.465 e. The Kier molecular flexibility index (Phi) is 9.28. The highest BCUT2D eigenvalue weighted by Crippen LogP contribution is 2.64. The molecule has 0 radical (unpaired) electrons. The quantitative estimate of drug-likeness (QED) is 0.200. The van der Waals surface area contributed by atoms with Crippen LogP contribution < -0.4 is 0 Å². The fourth-order valence-corrected chi connectivity index (χ4v) is 6.90. The van der Waals surface area contributed by atoms with E-state index in [-0.39, 0.29) is 31.6 Å². The normalized spacial score (nSPS) is 32.3. The number of hydrogen-bond donors (Lipinski definition) is 1. The Bertz CT molecular complexity index is 907. The van der Waals surface area contributed by atoms with Crippen molar-refractivity contribution in [3.8, 4) is 0 Å². The number of carbonyl (C=O) groups is 3. The molecule has 4 aliphatic rings. The lowest BCUT2D eigenvalue weighted by atomic mass is 9.65. The lowest BCUT2D eigenvalue weighted by Crippen LogP contribution is -2.57. The van der Waals surface area contributed by atoms with Crippen molar-refractivity contribution in [3.05, 3.63) is 25.3 Å². The Labute approximate surface area is 225 Å². The SMILES string of the molecule is C=CCCCOC(=O)[C@H]1[C@H]2C(=O)N(CCO)C(C(=O)N(CC=C)CCN3CCOCC3)C23CC[C@]1(CC)O3. The van der Waals surface area contributed by atoms with E-state index >= 15 is 0 Å². The number of hydrogen-bond acceptors (Lipinski definition) is 8. The highest BCUT2D eigenvalue weighted by Gasteiger charge is 2.79. The number of unbranched alkanes of at least 4 members (excludes halogenated alkanes) is 1. The van der Waals surface area contributed by atoms with Gasteiger partial charge in [-0.15, -0.1) is 13.2 Å². The Hall–Kier alpha value is -2.27.